The minimum atomic E-state index is 0.276. The number of hydrogen-bond acceptors (Lipinski definition) is 4. The Labute approximate surface area is 118 Å². The highest BCUT2D eigenvalue weighted by atomic mass is 16.6. The van der Waals surface area contributed by atoms with Crippen molar-refractivity contribution >= 4 is 0 Å². The Hall–Kier alpha value is -0.160. The van der Waals surface area contributed by atoms with Crippen LogP contribution in [0, 0.1) is 5.92 Å². The van der Waals surface area contributed by atoms with Crippen LogP contribution in [0.2, 0.25) is 0 Å². The molecule has 0 bridgehead atoms. The third kappa shape index (κ3) is 8.58. The van der Waals surface area contributed by atoms with Gasteiger partial charge in [0.05, 0.1) is 32.0 Å². The van der Waals surface area contributed by atoms with Crippen molar-refractivity contribution in [3.8, 4) is 0 Å². The lowest BCUT2D eigenvalue weighted by Gasteiger charge is -2.14. The van der Waals surface area contributed by atoms with Crippen molar-refractivity contribution in [2.75, 3.05) is 39.5 Å². The molecule has 1 heterocycles. The Bertz CT molecular complexity index is 212. The van der Waals surface area contributed by atoms with Crippen molar-refractivity contribution in [2.24, 2.45) is 5.92 Å². The fourth-order valence-corrected chi connectivity index (χ4v) is 2.14. The molecule has 0 aromatic carbocycles. The Morgan fingerprint density at radius 3 is 2.63 bits per heavy atom. The standard InChI is InChI=1S/C15H31NO3/c1-4-7-16-10-14-5-6-15(19-14)12-18-9-8-17-11-13(2)3/h13-16H,4-12H2,1-3H3. The van der Waals surface area contributed by atoms with Gasteiger partial charge in [-0.2, -0.15) is 0 Å². The summed E-state index contributed by atoms with van der Waals surface area (Å²) in [7, 11) is 0. The van der Waals surface area contributed by atoms with Crippen LogP contribution >= 0.6 is 0 Å². The third-order valence-corrected chi connectivity index (χ3v) is 3.12. The van der Waals surface area contributed by atoms with Gasteiger partial charge >= 0.3 is 0 Å². The first-order valence-electron chi connectivity index (χ1n) is 7.74. The van der Waals surface area contributed by atoms with Crippen LogP contribution in [0.5, 0.6) is 0 Å². The van der Waals surface area contributed by atoms with Crippen LogP contribution in [0.4, 0.5) is 0 Å². The van der Waals surface area contributed by atoms with E-state index < -0.39 is 0 Å². The molecule has 0 aromatic rings. The van der Waals surface area contributed by atoms with Crippen molar-refractivity contribution < 1.29 is 14.2 Å². The van der Waals surface area contributed by atoms with Crippen molar-refractivity contribution in [2.45, 2.75) is 52.2 Å². The Morgan fingerprint density at radius 1 is 1.16 bits per heavy atom. The van der Waals surface area contributed by atoms with E-state index in [9.17, 15) is 0 Å². The summed E-state index contributed by atoms with van der Waals surface area (Å²) in [6.45, 7) is 11.4. The molecule has 2 unspecified atom stereocenters. The highest BCUT2D eigenvalue weighted by Crippen LogP contribution is 2.19. The fraction of sp³-hybridized carbons (Fsp3) is 1.00. The van der Waals surface area contributed by atoms with Gasteiger partial charge in [0.2, 0.25) is 0 Å². The molecule has 0 amide bonds. The molecule has 0 radical (unpaired) electrons. The number of rotatable bonds is 11. The van der Waals surface area contributed by atoms with Gasteiger partial charge < -0.3 is 19.5 Å². The summed E-state index contributed by atoms with van der Waals surface area (Å²) < 4.78 is 17.0. The monoisotopic (exact) mass is 273 g/mol. The summed E-state index contributed by atoms with van der Waals surface area (Å²) in [5.41, 5.74) is 0. The van der Waals surface area contributed by atoms with Crippen LogP contribution < -0.4 is 5.32 Å². The van der Waals surface area contributed by atoms with Crippen LogP contribution in [0.15, 0.2) is 0 Å². The molecule has 2 atom stereocenters. The van der Waals surface area contributed by atoms with Crippen molar-refractivity contribution in [3.63, 3.8) is 0 Å². The number of nitrogens with one attached hydrogen (secondary N) is 1. The average molecular weight is 273 g/mol. The SMILES string of the molecule is CCCNCC1CCC(COCCOCC(C)C)O1. The van der Waals surface area contributed by atoms with Crippen LogP contribution in [0.25, 0.3) is 0 Å². The maximum absolute atomic E-state index is 5.92. The summed E-state index contributed by atoms with van der Waals surface area (Å²) in [6, 6.07) is 0. The molecule has 1 fully saturated rings. The lowest BCUT2D eigenvalue weighted by molar-refractivity contribution is -0.0302. The lowest BCUT2D eigenvalue weighted by Crippen LogP contribution is -2.28. The Kier molecular flexibility index (Phi) is 9.43. The van der Waals surface area contributed by atoms with E-state index >= 15 is 0 Å². The predicted octanol–water partition coefficient (Wildman–Crippen LogP) is 2.22. The fourth-order valence-electron chi connectivity index (χ4n) is 2.14. The molecule has 0 saturated carbocycles. The van der Waals surface area contributed by atoms with E-state index in [0.29, 0.717) is 31.8 Å². The van der Waals surface area contributed by atoms with Gasteiger partial charge in [-0.15, -0.1) is 0 Å². The number of hydrogen-bond donors (Lipinski definition) is 1. The summed E-state index contributed by atoms with van der Waals surface area (Å²) in [5.74, 6) is 0.592. The molecule has 0 aliphatic carbocycles. The first-order valence-corrected chi connectivity index (χ1v) is 7.74. The normalized spacial score (nSPS) is 23.4. The van der Waals surface area contributed by atoms with Crippen LogP contribution in [0.3, 0.4) is 0 Å². The van der Waals surface area contributed by atoms with Gasteiger partial charge in [0.1, 0.15) is 0 Å². The minimum absolute atomic E-state index is 0.276. The van der Waals surface area contributed by atoms with Gasteiger partial charge in [-0.05, 0) is 31.7 Å². The van der Waals surface area contributed by atoms with Gasteiger partial charge in [-0.25, -0.2) is 0 Å². The molecule has 1 saturated heterocycles. The molecule has 1 aliphatic heterocycles. The van der Waals surface area contributed by atoms with Gasteiger partial charge in [0, 0.05) is 13.2 Å². The molecule has 19 heavy (non-hydrogen) atoms. The molecular formula is C15H31NO3. The van der Waals surface area contributed by atoms with E-state index in [1.54, 1.807) is 0 Å². The van der Waals surface area contributed by atoms with Gasteiger partial charge in [-0.3, -0.25) is 0 Å². The second-order valence-corrected chi connectivity index (χ2v) is 5.71. The zero-order chi connectivity index (χ0) is 13.9. The van der Waals surface area contributed by atoms with E-state index in [1.807, 2.05) is 0 Å². The molecule has 4 nitrogen and oxygen atoms in total. The third-order valence-electron chi connectivity index (χ3n) is 3.12. The zero-order valence-electron chi connectivity index (χ0n) is 12.8. The van der Waals surface area contributed by atoms with Crippen LogP contribution in [-0.2, 0) is 14.2 Å². The van der Waals surface area contributed by atoms with Gasteiger partial charge in [0.15, 0.2) is 0 Å². The summed E-state index contributed by atoms with van der Waals surface area (Å²) in [5, 5.41) is 3.41. The van der Waals surface area contributed by atoms with Crippen molar-refractivity contribution in [3.05, 3.63) is 0 Å². The quantitative estimate of drug-likeness (QED) is 0.586. The molecule has 0 spiro atoms. The second kappa shape index (κ2) is 10.6. The lowest BCUT2D eigenvalue weighted by atomic mass is 10.2. The first-order chi connectivity index (χ1) is 9.22. The topological polar surface area (TPSA) is 39.7 Å². The average Bonchev–Trinajstić information content (AvgIpc) is 2.81. The van der Waals surface area contributed by atoms with Gasteiger partial charge in [-0.1, -0.05) is 20.8 Å². The highest BCUT2D eigenvalue weighted by Gasteiger charge is 2.24. The summed E-state index contributed by atoms with van der Waals surface area (Å²) in [4.78, 5) is 0. The Balaban J connectivity index is 1.91. The molecule has 114 valence electrons. The largest absolute Gasteiger partial charge is 0.379 e. The maximum Gasteiger partial charge on any atom is 0.0813 e. The first kappa shape index (κ1) is 16.9. The zero-order valence-corrected chi connectivity index (χ0v) is 12.8. The van der Waals surface area contributed by atoms with E-state index in [-0.39, 0.29) is 6.10 Å². The van der Waals surface area contributed by atoms with Crippen LogP contribution in [0.1, 0.15) is 40.0 Å². The predicted molar refractivity (Wildman–Crippen MR) is 77.5 cm³/mol. The molecule has 1 rings (SSSR count). The van der Waals surface area contributed by atoms with Gasteiger partial charge in [0.25, 0.3) is 0 Å². The molecular weight excluding hydrogens is 242 g/mol. The Morgan fingerprint density at radius 2 is 1.89 bits per heavy atom. The molecule has 4 heteroatoms. The number of ether oxygens (including phenoxy) is 3. The highest BCUT2D eigenvalue weighted by molar-refractivity contribution is 4.75. The summed E-state index contributed by atoms with van der Waals surface area (Å²) in [6.07, 6.45) is 4.09. The van der Waals surface area contributed by atoms with E-state index in [1.165, 1.54) is 6.42 Å². The second-order valence-electron chi connectivity index (χ2n) is 5.71. The smallest absolute Gasteiger partial charge is 0.0813 e. The van der Waals surface area contributed by atoms with E-state index in [4.69, 9.17) is 14.2 Å². The molecule has 1 N–H and O–H groups in total. The van der Waals surface area contributed by atoms with E-state index in [2.05, 4.69) is 26.1 Å². The van der Waals surface area contributed by atoms with E-state index in [0.717, 1.165) is 32.5 Å². The summed E-state index contributed by atoms with van der Waals surface area (Å²) >= 11 is 0. The van der Waals surface area contributed by atoms with Crippen molar-refractivity contribution in [1.29, 1.82) is 0 Å². The molecule has 1 aliphatic rings. The maximum atomic E-state index is 5.92. The van der Waals surface area contributed by atoms with Crippen LogP contribution in [-0.4, -0.2) is 51.7 Å². The van der Waals surface area contributed by atoms with Crippen molar-refractivity contribution in [1.82, 2.24) is 5.32 Å². The molecule has 0 aromatic heterocycles. The minimum Gasteiger partial charge on any atom is -0.379 e.